The average Bonchev–Trinajstić information content (AvgIpc) is 3.40. The molecule has 9 heteroatoms. The number of aliphatic hydroxyl groups excluding tert-OH is 1. The van der Waals surface area contributed by atoms with Gasteiger partial charge in [0.05, 0.1) is 23.4 Å². The van der Waals surface area contributed by atoms with Gasteiger partial charge < -0.3 is 19.6 Å². The van der Waals surface area contributed by atoms with Crippen LogP contribution in [0.4, 0.5) is 11.4 Å². The van der Waals surface area contributed by atoms with Crippen LogP contribution in [0.25, 0.3) is 5.76 Å². The predicted molar refractivity (Wildman–Crippen MR) is 125 cm³/mol. The molecule has 0 bridgehead atoms. The molecule has 4 rings (SSSR count). The second kappa shape index (κ2) is 8.95. The van der Waals surface area contributed by atoms with Crippen LogP contribution in [0.1, 0.15) is 24.3 Å². The first-order valence-electron chi connectivity index (χ1n) is 9.87. The number of rotatable bonds is 5. The molecule has 3 aromatic rings. The van der Waals surface area contributed by atoms with Crippen molar-refractivity contribution in [1.29, 1.82) is 0 Å². The lowest BCUT2D eigenvalue weighted by atomic mass is 9.99. The molecule has 0 radical (unpaired) electrons. The lowest BCUT2D eigenvalue weighted by Crippen LogP contribution is -2.29. The Bertz CT molecular complexity index is 1260. The molecular weight excluding hydrogens is 492 g/mol. The molecule has 1 aliphatic rings. The third-order valence-corrected chi connectivity index (χ3v) is 5.77. The number of hydrogen-bond acceptors (Lipinski definition) is 6. The van der Waals surface area contributed by atoms with E-state index in [-0.39, 0.29) is 17.2 Å². The number of halogens is 1. The zero-order valence-electron chi connectivity index (χ0n) is 17.7. The number of anilines is 2. The number of benzene rings is 2. The molecule has 1 atom stereocenters. The van der Waals surface area contributed by atoms with E-state index in [1.54, 1.807) is 54.6 Å². The summed E-state index contributed by atoms with van der Waals surface area (Å²) in [6.07, 6.45) is 1.43. The number of furan rings is 1. The predicted octanol–water partition coefficient (Wildman–Crippen LogP) is 4.64. The molecule has 2 heterocycles. The smallest absolute Gasteiger partial charge is 0.300 e. The summed E-state index contributed by atoms with van der Waals surface area (Å²) < 4.78 is 11.3. The van der Waals surface area contributed by atoms with Crippen LogP contribution in [-0.4, -0.2) is 29.8 Å². The number of methoxy groups -OCH3 is 1. The summed E-state index contributed by atoms with van der Waals surface area (Å²) in [6.45, 7) is 1.39. The van der Waals surface area contributed by atoms with E-state index in [4.69, 9.17) is 9.15 Å². The maximum atomic E-state index is 13.1. The number of Topliss-reactive ketones (excluding diaryl/α,β-unsaturated/α-hetero) is 1. The molecule has 1 fully saturated rings. The first kappa shape index (κ1) is 22.3. The summed E-state index contributed by atoms with van der Waals surface area (Å²) in [5, 5.41) is 13.8. The topological polar surface area (TPSA) is 109 Å². The minimum atomic E-state index is -0.979. The summed E-state index contributed by atoms with van der Waals surface area (Å²) in [4.78, 5) is 38.7. The number of nitrogens with zero attached hydrogens (tertiary/aromatic N) is 1. The quantitative estimate of drug-likeness (QED) is 0.294. The van der Waals surface area contributed by atoms with Crippen LogP contribution < -0.4 is 15.0 Å². The van der Waals surface area contributed by atoms with Crippen molar-refractivity contribution in [2.45, 2.75) is 13.0 Å². The van der Waals surface area contributed by atoms with E-state index in [2.05, 4.69) is 21.2 Å². The maximum absolute atomic E-state index is 13.1. The number of ether oxygens (including phenoxy) is 1. The van der Waals surface area contributed by atoms with E-state index in [0.717, 1.165) is 0 Å². The van der Waals surface area contributed by atoms with Gasteiger partial charge >= 0.3 is 0 Å². The molecule has 2 aromatic carbocycles. The van der Waals surface area contributed by atoms with Crippen LogP contribution in [0.3, 0.4) is 0 Å². The van der Waals surface area contributed by atoms with Crippen molar-refractivity contribution in [3.63, 3.8) is 0 Å². The minimum absolute atomic E-state index is 0.0991. The Balaban J connectivity index is 1.84. The molecule has 0 saturated carbocycles. The number of hydrogen-bond donors (Lipinski definition) is 2. The van der Waals surface area contributed by atoms with E-state index in [1.165, 1.54) is 25.2 Å². The lowest BCUT2D eigenvalue weighted by molar-refractivity contribution is -0.132. The Kier molecular flexibility index (Phi) is 6.06. The number of nitrogens with one attached hydrogen (secondary N) is 1. The van der Waals surface area contributed by atoms with Gasteiger partial charge in [-0.1, -0.05) is 0 Å². The summed E-state index contributed by atoms with van der Waals surface area (Å²) in [7, 11) is 1.51. The van der Waals surface area contributed by atoms with E-state index < -0.39 is 17.7 Å². The third kappa shape index (κ3) is 4.14. The largest absolute Gasteiger partial charge is 0.507 e. The van der Waals surface area contributed by atoms with Gasteiger partial charge in [-0.25, -0.2) is 0 Å². The Morgan fingerprint density at radius 1 is 1.15 bits per heavy atom. The number of amides is 2. The summed E-state index contributed by atoms with van der Waals surface area (Å²) in [5.74, 6) is -1.35. The van der Waals surface area contributed by atoms with Crippen LogP contribution in [0, 0.1) is 0 Å². The van der Waals surface area contributed by atoms with Crippen LogP contribution >= 0.6 is 15.9 Å². The number of ketones is 1. The highest BCUT2D eigenvalue weighted by Crippen LogP contribution is 2.43. The van der Waals surface area contributed by atoms with Crippen molar-refractivity contribution in [2.24, 2.45) is 0 Å². The van der Waals surface area contributed by atoms with Crippen molar-refractivity contribution < 1.29 is 28.6 Å². The maximum Gasteiger partial charge on any atom is 0.300 e. The molecular formula is C24H19BrN2O6. The molecule has 0 aliphatic carbocycles. The van der Waals surface area contributed by atoms with Gasteiger partial charge in [0.25, 0.3) is 11.7 Å². The van der Waals surface area contributed by atoms with E-state index in [1.807, 2.05) is 0 Å². The first-order chi connectivity index (χ1) is 15.8. The molecule has 2 amide bonds. The van der Waals surface area contributed by atoms with E-state index >= 15 is 0 Å². The van der Waals surface area contributed by atoms with Gasteiger partial charge in [-0.2, -0.15) is 0 Å². The molecule has 8 nitrogen and oxygen atoms in total. The monoisotopic (exact) mass is 510 g/mol. The normalized spacial score (nSPS) is 17.3. The van der Waals surface area contributed by atoms with Gasteiger partial charge in [0.1, 0.15) is 23.3 Å². The minimum Gasteiger partial charge on any atom is -0.507 e. The lowest BCUT2D eigenvalue weighted by Gasteiger charge is -2.23. The Morgan fingerprint density at radius 3 is 2.45 bits per heavy atom. The second-order valence-electron chi connectivity index (χ2n) is 7.26. The second-order valence-corrected chi connectivity index (χ2v) is 8.12. The van der Waals surface area contributed by atoms with Gasteiger partial charge in [-0.15, -0.1) is 0 Å². The highest BCUT2D eigenvalue weighted by atomic mass is 79.9. The van der Waals surface area contributed by atoms with Crippen molar-refractivity contribution in [3.8, 4) is 5.75 Å². The number of carbonyl (C=O) groups is 3. The third-order valence-electron chi connectivity index (χ3n) is 5.15. The number of aliphatic hydroxyl groups is 1. The Morgan fingerprint density at radius 2 is 1.88 bits per heavy atom. The molecule has 1 aliphatic heterocycles. The molecule has 0 spiro atoms. The summed E-state index contributed by atoms with van der Waals surface area (Å²) in [6, 6.07) is 13.6. The van der Waals surface area contributed by atoms with Gasteiger partial charge in [0, 0.05) is 23.9 Å². The fourth-order valence-corrected chi connectivity index (χ4v) is 4.23. The molecule has 2 N–H and O–H groups in total. The van der Waals surface area contributed by atoms with Gasteiger partial charge in [0.2, 0.25) is 5.91 Å². The van der Waals surface area contributed by atoms with Gasteiger partial charge in [-0.3, -0.25) is 19.3 Å². The highest BCUT2D eigenvalue weighted by molar-refractivity contribution is 9.10. The fraction of sp³-hybridized carbons (Fsp3) is 0.125. The van der Waals surface area contributed by atoms with Crippen molar-refractivity contribution >= 4 is 50.7 Å². The molecule has 1 saturated heterocycles. The van der Waals surface area contributed by atoms with Crippen LogP contribution in [0.2, 0.25) is 0 Å². The van der Waals surface area contributed by atoms with Crippen LogP contribution in [0.5, 0.6) is 5.75 Å². The highest BCUT2D eigenvalue weighted by Gasteiger charge is 2.48. The van der Waals surface area contributed by atoms with Crippen molar-refractivity contribution in [2.75, 3.05) is 17.3 Å². The van der Waals surface area contributed by atoms with Crippen molar-refractivity contribution in [1.82, 2.24) is 0 Å². The Hall–Kier alpha value is -3.85. The average molecular weight is 511 g/mol. The fourth-order valence-electron chi connectivity index (χ4n) is 3.69. The molecule has 33 heavy (non-hydrogen) atoms. The zero-order valence-corrected chi connectivity index (χ0v) is 19.3. The molecule has 1 unspecified atom stereocenters. The van der Waals surface area contributed by atoms with Crippen LogP contribution in [-0.2, 0) is 14.4 Å². The Labute approximate surface area is 197 Å². The first-order valence-corrected chi connectivity index (χ1v) is 10.7. The van der Waals surface area contributed by atoms with E-state index in [0.29, 0.717) is 32.9 Å². The zero-order chi connectivity index (χ0) is 23.7. The van der Waals surface area contributed by atoms with Gasteiger partial charge in [-0.05, 0) is 70.5 Å². The van der Waals surface area contributed by atoms with E-state index in [9.17, 15) is 19.5 Å². The van der Waals surface area contributed by atoms with Crippen LogP contribution in [0.15, 0.2) is 75.3 Å². The summed E-state index contributed by atoms with van der Waals surface area (Å²) in [5.41, 5.74) is 1.18. The number of carbonyl (C=O) groups excluding carboxylic acids is 3. The van der Waals surface area contributed by atoms with Crippen molar-refractivity contribution in [3.05, 3.63) is 82.2 Å². The standard InChI is InChI=1S/C24H19BrN2O6/c1-13(28)26-15-6-8-16(9-7-15)27-21(19-4-3-11-33-19)20(23(30)24(27)31)22(29)14-5-10-18(32-2)17(25)12-14/h3-12,21,29H,1-2H3,(H,26,28)/b22-20-. The molecule has 1 aromatic heterocycles. The van der Waals surface area contributed by atoms with Gasteiger partial charge in [0.15, 0.2) is 0 Å². The SMILES string of the molecule is COc1ccc(/C(O)=C2/C(=O)C(=O)N(c3ccc(NC(C)=O)cc3)C2c2ccco2)cc1Br. The summed E-state index contributed by atoms with van der Waals surface area (Å²) >= 11 is 3.37. The molecule has 168 valence electrons.